The van der Waals surface area contributed by atoms with Gasteiger partial charge in [0, 0.05) is 21.7 Å². The molecule has 5 heteroatoms. The number of thiophene rings is 1. The van der Waals surface area contributed by atoms with Crippen molar-refractivity contribution in [2.75, 3.05) is 0 Å². The third kappa shape index (κ3) is 3.65. The summed E-state index contributed by atoms with van der Waals surface area (Å²) in [4.78, 5) is 4.10. The third-order valence-electron chi connectivity index (χ3n) is 4.73. The molecule has 0 aliphatic rings. The molecule has 0 saturated carbocycles. The number of aromatic nitrogens is 1. The zero-order valence-electron chi connectivity index (χ0n) is 14.7. The number of nitrogens with one attached hydrogen (secondary N) is 1. The molecule has 0 bridgehead atoms. The Hall–Kier alpha value is -2.53. The lowest BCUT2D eigenvalue weighted by atomic mass is 9.89. The monoisotopic (exact) mass is 385 g/mol. The molecule has 4 rings (SSSR count). The van der Waals surface area contributed by atoms with Gasteiger partial charge in [-0.05, 0) is 41.6 Å². The zero-order valence-corrected chi connectivity index (χ0v) is 15.5. The van der Waals surface area contributed by atoms with E-state index in [4.69, 9.17) is 0 Å². The number of rotatable bonds is 4. The van der Waals surface area contributed by atoms with Crippen molar-refractivity contribution >= 4 is 22.2 Å². The zero-order chi connectivity index (χ0) is 19.0. The maximum absolute atomic E-state index is 13.5. The van der Waals surface area contributed by atoms with Crippen LogP contribution in [0.4, 0.5) is 13.2 Å². The molecule has 1 atom stereocenters. The van der Waals surface area contributed by atoms with E-state index in [1.165, 1.54) is 11.3 Å². The Labute approximate surface area is 159 Å². The number of hydrogen-bond donors (Lipinski definition) is 1. The van der Waals surface area contributed by atoms with Gasteiger partial charge in [-0.1, -0.05) is 48.0 Å². The second-order valence-corrected chi connectivity index (χ2v) is 7.70. The standard InChI is InChI=1S/C22H18F3NS/c1-14-9-10-18-16(12-14)20(21(26-18)15-6-3-2-4-7-15)17(13-22(23,24)25)19-8-5-11-27-19/h2-12,17,26H,13H2,1H3. The van der Waals surface area contributed by atoms with Gasteiger partial charge < -0.3 is 4.98 Å². The van der Waals surface area contributed by atoms with E-state index in [-0.39, 0.29) is 0 Å². The van der Waals surface area contributed by atoms with Gasteiger partial charge in [-0.3, -0.25) is 0 Å². The number of hydrogen-bond acceptors (Lipinski definition) is 1. The predicted molar refractivity (Wildman–Crippen MR) is 105 cm³/mol. The summed E-state index contributed by atoms with van der Waals surface area (Å²) in [5.41, 5.74) is 4.26. The molecular formula is C22H18F3NS. The van der Waals surface area contributed by atoms with Gasteiger partial charge in [0.15, 0.2) is 0 Å². The van der Waals surface area contributed by atoms with E-state index >= 15 is 0 Å². The van der Waals surface area contributed by atoms with Crippen LogP contribution in [0.2, 0.25) is 0 Å². The fourth-order valence-corrected chi connectivity index (χ4v) is 4.42. The second-order valence-electron chi connectivity index (χ2n) is 6.72. The SMILES string of the molecule is Cc1ccc2[nH]c(-c3ccccc3)c(C(CC(F)(F)F)c3cccs3)c2c1. The van der Waals surface area contributed by atoms with Crippen LogP contribution in [0.5, 0.6) is 0 Å². The molecule has 2 aromatic carbocycles. The summed E-state index contributed by atoms with van der Waals surface area (Å²) in [5, 5.41) is 2.69. The number of H-pyrrole nitrogens is 1. The minimum absolute atomic E-state index is 0.722. The van der Waals surface area contributed by atoms with Gasteiger partial charge in [-0.15, -0.1) is 11.3 Å². The smallest absolute Gasteiger partial charge is 0.354 e. The van der Waals surface area contributed by atoms with E-state index in [1.54, 1.807) is 6.07 Å². The average molecular weight is 385 g/mol. The summed E-state index contributed by atoms with van der Waals surface area (Å²) in [6, 6.07) is 19.1. The fraction of sp³-hybridized carbons (Fsp3) is 0.182. The van der Waals surface area contributed by atoms with E-state index in [1.807, 2.05) is 66.9 Å². The van der Waals surface area contributed by atoms with Gasteiger partial charge in [-0.2, -0.15) is 13.2 Å². The van der Waals surface area contributed by atoms with Crippen LogP contribution in [0.3, 0.4) is 0 Å². The first-order valence-corrected chi connectivity index (χ1v) is 9.58. The van der Waals surface area contributed by atoms with Gasteiger partial charge in [-0.25, -0.2) is 0 Å². The minimum Gasteiger partial charge on any atom is -0.354 e. The van der Waals surface area contributed by atoms with Crippen molar-refractivity contribution in [3.63, 3.8) is 0 Å². The largest absolute Gasteiger partial charge is 0.390 e. The Balaban J connectivity index is 2.01. The molecule has 0 spiro atoms. The molecule has 0 aliphatic heterocycles. The maximum Gasteiger partial charge on any atom is 0.390 e. The van der Waals surface area contributed by atoms with Crippen LogP contribution in [-0.2, 0) is 0 Å². The van der Waals surface area contributed by atoms with Crippen molar-refractivity contribution < 1.29 is 13.2 Å². The quantitative estimate of drug-likeness (QED) is 0.380. The highest BCUT2D eigenvalue weighted by molar-refractivity contribution is 7.10. The van der Waals surface area contributed by atoms with Gasteiger partial charge in [0.05, 0.1) is 12.1 Å². The summed E-state index contributed by atoms with van der Waals surface area (Å²) < 4.78 is 40.5. The van der Waals surface area contributed by atoms with Crippen LogP contribution < -0.4 is 0 Å². The van der Waals surface area contributed by atoms with Crippen LogP contribution in [-0.4, -0.2) is 11.2 Å². The highest BCUT2D eigenvalue weighted by atomic mass is 32.1. The topological polar surface area (TPSA) is 15.8 Å². The minimum atomic E-state index is -4.25. The average Bonchev–Trinajstić information content (AvgIpc) is 3.27. The van der Waals surface area contributed by atoms with Crippen molar-refractivity contribution in [3.05, 3.63) is 82.0 Å². The number of fused-ring (bicyclic) bond motifs is 1. The van der Waals surface area contributed by atoms with E-state index in [2.05, 4.69) is 4.98 Å². The summed E-state index contributed by atoms with van der Waals surface area (Å²) in [6.45, 7) is 1.96. The number of alkyl halides is 3. The van der Waals surface area contributed by atoms with Crippen molar-refractivity contribution in [1.29, 1.82) is 0 Å². The maximum atomic E-state index is 13.5. The van der Waals surface area contributed by atoms with Crippen molar-refractivity contribution in [3.8, 4) is 11.3 Å². The van der Waals surface area contributed by atoms with Crippen molar-refractivity contribution in [2.45, 2.75) is 25.4 Å². The number of benzene rings is 2. The van der Waals surface area contributed by atoms with Crippen LogP contribution in [0.25, 0.3) is 22.2 Å². The molecule has 1 N–H and O–H groups in total. The molecule has 0 radical (unpaired) electrons. The molecular weight excluding hydrogens is 367 g/mol. The van der Waals surface area contributed by atoms with Crippen LogP contribution in [0, 0.1) is 6.92 Å². The molecule has 1 nitrogen and oxygen atoms in total. The normalized spacial score (nSPS) is 13.2. The first-order chi connectivity index (χ1) is 12.9. The van der Waals surface area contributed by atoms with E-state index in [9.17, 15) is 13.2 Å². The van der Waals surface area contributed by atoms with Crippen molar-refractivity contribution in [2.24, 2.45) is 0 Å². The Kier molecular flexibility index (Phi) is 4.56. The first-order valence-electron chi connectivity index (χ1n) is 8.70. The molecule has 0 aliphatic carbocycles. The van der Waals surface area contributed by atoms with Gasteiger partial charge in [0.1, 0.15) is 0 Å². The number of halogens is 3. The lowest BCUT2D eigenvalue weighted by molar-refractivity contribution is -0.136. The Morgan fingerprint density at radius 2 is 1.78 bits per heavy atom. The van der Waals surface area contributed by atoms with Crippen LogP contribution in [0.15, 0.2) is 66.0 Å². The predicted octanol–water partition coefficient (Wildman–Crippen LogP) is 7.29. The summed E-state index contributed by atoms with van der Waals surface area (Å²) >= 11 is 1.37. The molecule has 0 amide bonds. The third-order valence-corrected chi connectivity index (χ3v) is 5.71. The summed E-state index contributed by atoms with van der Waals surface area (Å²) in [6.07, 6.45) is -5.13. The number of aromatic amines is 1. The molecule has 0 saturated heterocycles. The first kappa shape index (κ1) is 17.9. The van der Waals surface area contributed by atoms with Crippen molar-refractivity contribution in [1.82, 2.24) is 4.98 Å². The molecule has 138 valence electrons. The highest BCUT2D eigenvalue weighted by Crippen LogP contribution is 2.45. The lowest BCUT2D eigenvalue weighted by Crippen LogP contribution is -2.14. The summed E-state index contributed by atoms with van der Waals surface area (Å²) in [7, 11) is 0. The van der Waals surface area contributed by atoms with Crippen LogP contribution >= 0.6 is 11.3 Å². The molecule has 2 heterocycles. The molecule has 1 unspecified atom stereocenters. The van der Waals surface area contributed by atoms with Crippen LogP contribution in [0.1, 0.15) is 28.3 Å². The number of aryl methyl sites for hydroxylation is 1. The Morgan fingerprint density at radius 3 is 2.44 bits per heavy atom. The van der Waals surface area contributed by atoms with Gasteiger partial charge in [0.25, 0.3) is 0 Å². The van der Waals surface area contributed by atoms with Gasteiger partial charge in [0.2, 0.25) is 0 Å². The van der Waals surface area contributed by atoms with E-state index < -0.39 is 18.5 Å². The Bertz CT molecular complexity index is 1050. The summed E-state index contributed by atoms with van der Waals surface area (Å²) in [5.74, 6) is -0.740. The molecule has 4 aromatic rings. The fourth-order valence-electron chi connectivity index (χ4n) is 3.59. The molecule has 2 aromatic heterocycles. The lowest BCUT2D eigenvalue weighted by Gasteiger charge is -2.19. The van der Waals surface area contributed by atoms with Gasteiger partial charge >= 0.3 is 6.18 Å². The highest BCUT2D eigenvalue weighted by Gasteiger charge is 2.36. The molecule has 27 heavy (non-hydrogen) atoms. The second kappa shape index (κ2) is 6.89. The molecule has 0 fully saturated rings. The van der Waals surface area contributed by atoms with E-state index in [0.717, 1.165) is 38.2 Å². The Morgan fingerprint density at radius 1 is 1.00 bits per heavy atom. The van der Waals surface area contributed by atoms with E-state index in [0.29, 0.717) is 0 Å².